The highest BCUT2D eigenvalue weighted by atomic mass is 35.5. The monoisotopic (exact) mass is 391 g/mol. The molecule has 1 aromatic heterocycles. The van der Waals surface area contributed by atoms with E-state index in [0.717, 1.165) is 5.56 Å². The largest absolute Gasteiger partial charge is 0.495 e. The van der Waals surface area contributed by atoms with E-state index in [1.807, 2.05) is 13.0 Å². The van der Waals surface area contributed by atoms with Gasteiger partial charge in [-0.05, 0) is 36.8 Å². The first kappa shape index (κ1) is 20.2. The summed E-state index contributed by atoms with van der Waals surface area (Å²) >= 11 is 5.77. The average molecular weight is 392 g/mol. The lowest BCUT2D eigenvalue weighted by Gasteiger charge is -2.11. The summed E-state index contributed by atoms with van der Waals surface area (Å²) < 4.78 is 10.0. The third-order valence-electron chi connectivity index (χ3n) is 3.39. The number of esters is 1. The number of carbonyl (C=O) groups is 3. The predicted octanol–water partition coefficient (Wildman–Crippen LogP) is 1.96. The summed E-state index contributed by atoms with van der Waals surface area (Å²) in [5.41, 5.74) is 1.49. The number of hydrogen-bond donors (Lipinski definition) is 2. The molecule has 1 aromatic carbocycles. The lowest BCUT2D eigenvalue weighted by Crippen LogP contribution is -2.35. The van der Waals surface area contributed by atoms with E-state index in [4.69, 9.17) is 21.1 Å². The van der Waals surface area contributed by atoms with Crippen molar-refractivity contribution in [2.45, 2.75) is 6.92 Å². The Morgan fingerprint density at radius 1 is 1.19 bits per heavy atom. The molecule has 2 N–H and O–H groups in total. The molecule has 0 unspecified atom stereocenters. The molecular weight excluding hydrogens is 374 g/mol. The van der Waals surface area contributed by atoms with Crippen LogP contribution in [0.4, 0.5) is 5.69 Å². The van der Waals surface area contributed by atoms with Crippen LogP contribution in [0.1, 0.15) is 15.9 Å². The Morgan fingerprint density at radius 2 is 1.96 bits per heavy atom. The molecule has 2 aromatic rings. The number of aromatic nitrogens is 1. The number of nitrogens with zero attached hydrogens (tertiary/aromatic N) is 1. The summed E-state index contributed by atoms with van der Waals surface area (Å²) in [6.07, 6.45) is 1.42. The van der Waals surface area contributed by atoms with Crippen molar-refractivity contribution in [1.29, 1.82) is 0 Å². The number of benzene rings is 1. The van der Waals surface area contributed by atoms with Crippen molar-refractivity contribution in [2.75, 3.05) is 25.6 Å². The topological polar surface area (TPSA) is 107 Å². The number of ether oxygens (including phenoxy) is 2. The molecule has 142 valence electrons. The third kappa shape index (κ3) is 5.96. The Balaban J connectivity index is 1.80. The fourth-order valence-electron chi connectivity index (χ4n) is 2.09. The second kappa shape index (κ2) is 9.54. The molecule has 0 aliphatic rings. The van der Waals surface area contributed by atoms with Crippen molar-refractivity contribution < 1.29 is 23.9 Å². The van der Waals surface area contributed by atoms with Gasteiger partial charge in [-0.25, -0.2) is 9.78 Å². The number of methoxy groups -OCH3 is 1. The molecule has 0 saturated heterocycles. The molecular formula is C18H18ClN3O5. The van der Waals surface area contributed by atoms with Crippen LogP contribution in [0, 0.1) is 6.92 Å². The SMILES string of the molecule is COc1ccc(C)cc1NC(=O)CNC(=O)COC(=O)c1cccnc1Cl. The summed E-state index contributed by atoms with van der Waals surface area (Å²) in [6, 6.07) is 8.27. The van der Waals surface area contributed by atoms with Crippen molar-refractivity contribution in [2.24, 2.45) is 0 Å². The normalized spacial score (nSPS) is 10.0. The highest BCUT2D eigenvalue weighted by Crippen LogP contribution is 2.24. The highest BCUT2D eigenvalue weighted by molar-refractivity contribution is 6.32. The van der Waals surface area contributed by atoms with E-state index in [2.05, 4.69) is 15.6 Å². The van der Waals surface area contributed by atoms with Crippen LogP contribution in [-0.4, -0.2) is 43.0 Å². The maximum Gasteiger partial charge on any atom is 0.341 e. The molecule has 0 bridgehead atoms. The van der Waals surface area contributed by atoms with Crippen LogP contribution in [0.5, 0.6) is 5.75 Å². The fraction of sp³-hybridized carbons (Fsp3) is 0.222. The van der Waals surface area contributed by atoms with Crippen LogP contribution in [0.3, 0.4) is 0 Å². The van der Waals surface area contributed by atoms with Crippen LogP contribution < -0.4 is 15.4 Å². The molecule has 1 heterocycles. The van der Waals surface area contributed by atoms with Crippen LogP contribution in [0.15, 0.2) is 36.5 Å². The molecule has 0 saturated carbocycles. The predicted molar refractivity (Wildman–Crippen MR) is 98.9 cm³/mol. The molecule has 0 radical (unpaired) electrons. The first-order chi connectivity index (χ1) is 12.9. The van der Waals surface area contributed by atoms with E-state index in [1.165, 1.54) is 25.4 Å². The van der Waals surface area contributed by atoms with Gasteiger partial charge in [0.05, 0.1) is 24.9 Å². The number of halogens is 1. The Bertz CT molecular complexity index is 857. The zero-order chi connectivity index (χ0) is 19.8. The van der Waals surface area contributed by atoms with Crippen molar-refractivity contribution in [3.8, 4) is 5.75 Å². The minimum atomic E-state index is -0.780. The number of nitrogens with one attached hydrogen (secondary N) is 2. The van der Waals surface area contributed by atoms with Gasteiger partial charge in [0.15, 0.2) is 6.61 Å². The highest BCUT2D eigenvalue weighted by Gasteiger charge is 2.15. The van der Waals surface area contributed by atoms with Gasteiger partial charge < -0.3 is 20.1 Å². The molecule has 0 spiro atoms. The van der Waals surface area contributed by atoms with Gasteiger partial charge in [0.25, 0.3) is 5.91 Å². The van der Waals surface area contributed by atoms with Crippen LogP contribution in [0.25, 0.3) is 0 Å². The van der Waals surface area contributed by atoms with E-state index in [1.54, 1.807) is 12.1 Å². The zero-order valence-electron chi connectivity index (χ0n) is 14.7. The summed E-state index contributed by atoms with van der Waals surface area (Å²) in [6.45, 7) is 1.03. The summed E-state index contributed by atoms with van der Waals surface area (Å²) in [4.78, 5) is 39.3. The second-order valence-corrected chi connectivity index (χ2v) is 5.80. The Hall–Kier alpha value is -3.13. The van der Waals surface area contributed by atoms with Gasteiger partial charge in [-0.2, -0.15) is 0 Å². The van der Waals surface area contributed by atoms with Gasteiger partial charge in [-0.15, -0.1) is 0 Å². The Labute approximate surface area is 160 Å². The summed E-state index contributed by atoms with van der Waals surface area (Å²) in [5.74, 6) is -1.36. The summed E-state index contributed by atoms with van der Waals surface area (Å²) in [5, 5.41) is 4.98. The first-order valence-corrected chi connectivity index (χ1v) is 8.27. The number of aryl methyl sites for hydroxylation is 1. The number of hydrogen-bond acceptors (Lipinski definition) is 6. The van der Waals surface area contributed by atoms with Crippen LogP contribution >= 0.6 is 11.6 Å². The van der Waals surface area contributed by atoms with E-state index >= 15 is 0 Å². The molecule has 0 atom stereocenters. The van der Waals surface area contributed by atoms with Crippen molar-refractivity contribution in [1.82, 2.24) is 10.3 Å². The van der Waals surface area contributed by atoms with E-state index < -0.39 is 24.4 Å². The average Bonchev–Trinajstić information content (AvgIpc) is 2.65. The molecule has 27 heavy (non-hydrogen) atoms. The zero-order valence-corrected chi connectivity index (χ0v) is 15.5. The smallest absolute Gasteiger partial charge is 0.341 e. The van der Waals surface area contributed by atoms with Gasteiger partial charge in [-0.3, -0.25) is 9.59 Å². The maximum atomic E-state index is 12.0. The van der Waals surface area contributed by atoms with Gasteiger partial charge in [-0.1, -0.05) is 17.7 Å². The number of pyridine rings is 1. The third-order valence-corrected chi connectivity index (χ3v) is 3.69. The molecule has 2 amide bonds. The lowest BCUT2D eigenvalue weighted by molar-refractivity contribution is -0.126. The number of carbonyl (C=O) groups excluding carboxylic acids is 3. The molecule has 0 fully saturated rings. The van der Waals surface area contributed by atoms with Crippen molar-refractivity contribution >= 4 is 35.1 Å². The molecule has 0 aliphatic heterocycles. The minimum Gasteiger partial charge on any atom is -0.495 e. The van der Waals surface area contributed by atoms with E-state index in [9.17, 15) is 14.4 Å². The second-order valence-electron chi connectivity index (χ2n) is 5.45. The van der Waals surface area contributed by atoms with E-state index in [0.29, 0.717) is 11.4 Å². The molecule has 8 nitrogen and oxygen atoms in total. The Kier molecular flexibility index (Phi) is 7.13. The first-order valence-electron chi connectivity index (χ1n) is 7.89. The van der Waals surface area contributed by atoms with E-state index in [-0.39, 0.29) is 17.3 Å². The molecule has 2 rings (SSSR count). The quantitative estimate of drug-likeness (QED) is 0.552. The van der Waals surface area contributed by atoms with Crippen LogP contribution in [-0.2, 0) is 14.3 Å². The van der Waals surface area contributed by atoms with Crippen molar-refractivity contribution in [3.63, 3.8) is 0 Å². The molecule has 0 aliphatic carbocycles. The number of rotatable bonds is 7. The minimum absolute atomic E-state index is 0.0191. The van der Waals surface area contributed by atoms with Gasteiger partial charge in [0.1, 0.15) is 10.9 Å². The molecule has 9 heteroatoms. The standard InChI is InChI=1S/C18H18ClN3O5/c1-11-5-6-14(26-2)13(8-11)22-15(23)9-21-16(24)10-27-18(25)12-4-3-7-20-17(12)19/h3-8H,9-10H2,1-2H3,(H,21,24)(H,22,23). The van der Waals surface area contributed by atoms with Gasteiger partial charge in [0.2, 0.25) is 5.91 Å². The summed E-state index contributed by atoms with van der Waals surface area (Å²) in [7, 11) is 1.49. The van der Waals surface area contributed by atoms with Crippen LogP contribution in [0.2, 0.25) is 5.15 Å². The number of amides is 2. The van der Waals surface area contributed by atoms with Gasteiger partial charge >= 0.3 is 5.97 Å². The number of anilines is 1. The lowest BCUT2D eigenvalue weighted by atomic mass is 10.2. The fourth-order valence-corrected chi connectivity index (χ4v) is 2.29. The maximum absolute atomic E-state index is 12.0. The Morgan fingerprint density at radius 3 is 2.67 bits per heavy atom. The van der Waals surface area contributed by atoms with Crippen molar-refractivity contribution in [3.05, 3.63) is 52.8 Å². The van der Waals surface area contributed by atoms with Gasteiger partial charge in [0, 0.05) is 6.20 Å².